The van der Waals surface area contributed by atoms with Gasteiger partial charge in [-0.2, -0.15) is 0 Å². The standard InChI is InChI=1S/C12H20N2O3S/c1-7(5-13-2)10(15)14-9(12(16)17)6-18-11(14)8-3-4-8/h7-9,11,13H,3-6H2,1-2H3,(H,16,17). The van der Waals surface area contributed by atoms with Crippen molar-refractivity contribution in [2.75, 3.05) is 19.3 Å². The maximum absolute atomic E-state index is 12.4. The van der Waals surface area contributed by atoms with Crippen molar-refractivity contribution in [3.05, 3.63) is 0 Å². The van der Waals surface area contributed by atoms with E-state index in [0.29, 0.717) is 18.2 Å². The Balaban J connectivity index is 2.12. The van der Waals surface area contributed by atoms with Gasteiger partial charge in [-0.05, 0) is 25.8 Å². The first kappa shape index (κ1) is 13.7. The van der Waals surface area contributed by atoms with Crippen LogP contribution in [0.4, 0.5) is 0 Å². The zero-order valence-electron chi connectivity index (χ0n) is 10.8. The molecule has 3 atom stereocenters. The first-order valence-corrected chi connectivity index (χ1v) is 7.42. The van der Waals surface area contributed by atoms with Crippen LogP contribution in [0.25, 0.3) is 0 Å². The van der Waals surface area contributed by atoms with E-state index in [9.17, 15) is 14.7 Å². The molecule has 1 aliphatic carbocycles. The van der Waals surface area contributed by atoms with Gasteiger partial charge in [0.25, 0.3) is 0 Å². The molecule has 18 heavy (non-hydrogen) atoms. The van der Waals surface area contributed by atoms with Crippen LogP contribution < -0.4 is 5.32 Å². The lowest BCUT2D eigenvalue weighted by Crippen LogP contribution is -2.49. The van der Waals surface area contributed by atoms with Crippen molar-refractivity contribution in [2.45, 2.75) is 31.2 Å². The molecule has 2 fully saturated rings. The second-order valence-electron chi connectivity index (χ2n) is 5.12. The normalized spacial score (nSPS) is 29.3. The lowest BCUT2D eigenvalue weighted by atomic mass is 10.1. The van der Waals surface area contributed by atoms with Gasteiger partial charge in [-0.1, -0.05) is 6.92 Å². The van der Waals surface area contributed by atoms with Crippen LogP contribution >= 0.6 is 11.8 Å². The molecule has 1 saturated heterocycles. The van der Waals surface area contributed by atoms with E-state index in [1.807, 2.05) is 6.92 Å². The topological polar surface area (TPSA) is 69.6 Å². The fraction of sp³-hybridized carbons (Fsp3) is 0.833. The van der Waals surface area contributed by atoms with Gasteiger partial charge in [-0.15, -0.1) is 11.8 Å². The van der Waals surface area contributed by atoms with Crippen LogP contribution in [-0.4, -0.2) is 52.6 Å². The maximum atomic E-state index is 12.4. The van der Waals surface area contributed by atoms with Crippen molar-refractivity contribution >= 4 is 23.6 Å². The molecule has 1 saturated carbocycles. The number of carbonyl (C=O) groups excluding carboxylic acids is 1. The molecule has 1 heterocycles. The van der Waals surface area contributed by atoms with Gasteiger partial charge in [0.05, 0.1) is 5.37 Å². The largest absolute Gasteiger partial charge is 0.480 e. The summed E-state index contributed by atoms with van der Waals surface area (Å²) < 4.78 is 0. The number of hydrogen-bond acceptors (Lipinski definition) is 4. The molecule has 0 radical (unpaired) electrons. The highest BCUT2D eigenvalue weighted by Crippen LogP contribution is 2.45. The van der Waals surface area contributed by atoms with E-state index < -0.39 is 12.0 Å². The van der Waals surface area contributed by atoms with Crippen molar-refractivity contribution < 1.29 is 14.7 Å². The summed E-state index contributed by atoms with van der Waals surface area (Å²) in [5.41, 5.74) is 0. The Morgan fingerprint density at radius 3 is 2.67 bits per heavy atom. The second-order valence-corrected chi connectivity index (χ2v) is 6.27. The van der Waals surface area contributed by atoms with E-state index in [1.165, 1.54) is 0 Å². The summed E-state index contributed by atoms with van der Waals surface area (Å²) >= 11 is 1.63. The van der Waals surface area contributed by atoms with Crippen LogP contribution in [-0.2, 0) is 9.59 Å². The lowest BCUT2D eigenvalue weighted by molar-refractivity contribution is -0.150. The summed E-state index contributed by atoms with van der Waals surface area (Å²) in [6.07, 6.45) is 2.24. The number of rotatable bonds is 5. The summed E-state index contributed by atoms with van der Waals surface area (Å²) in [5, 5.41) is 12.3. The molecule has 2 aliphatic rings. The number of amides is 1. The fourth-order valence-electron chi connectivity index (χ4n) is 2.39. The molecular weight excluding hydrogens is 252 g/mol. The van der Waals surface area contributed by atoms with Gasteiger partial charge in [-0.3, -0.25) is 4.79 Å². The van der Waals surface area contributed by atoms with E-state index in [2.05, 4.69) is 5.32 Å². The smallest absolute Gasteiger partial charge is 0.327 e. The molecule has 102 valence electrons. The zero-order valence-corrected chi connectivity index (χ0v) is 11.6. The highest BCUT2D eigenvalue weighted by Gasteiger charge is 2.48. The number of nitrogens with zero attached hydrogens (tertiary/aromatic N) is 1. The first-order chi connectivity index (χ1) is 8.56. The van der Waals surface area contributed by atoms with Gasteiger partial charge in [0.15, 0.2) is 0 Å². The molecule has 3 unspecified atom stereocenters. The Morgan fingerprint density at radius 1 is 1.50 bits per heavy atom. The third-order valence-corrected chi connectivity index (χ3v) is 4.99. The summed E-state index contributed by atoms with van der Waals surface area (Å²) in [4.78, 5) is 25.3. The summed E-state index contributed by atoms with van der Waals surface area (Å²) in [5.74, 6) is -0.0506. The number of aliphatic carboxylic acids is 1. The van der Waals surface area contributed by atoms with Crippen LogP contribution in [0.3, 0.4) is 0 Å². The molecule has 0 aromatic heterocycles. The highest BCUT2D eigenvalue weighted by molar-refractivity contribution is 8.00. The first-order valence-electron chi connectivity index (χ1n) is 6.37. The molecule has 0 aromatic rings. The Hall–Kier alpha value is -0.750. The van der Waals surface area contributed by atoms with Crippen molar-refractivity contribution in [1.82, 2.24) is 10.2 Å². The predicted molar refractivity (Wildman–Crippen MR) is 70.3 cm³/mol. The summed E-state index contributed by atoms with van der Waals surface area (Å²) in [6.45, 7) is 2.44. The minimum Gasteiger partial charge on any atom is -0.480 e. The number of hydrogen-bond donors (Lipinski definition) is 2. The molecule has 2 N–H and O–H groups in total. The predicted octanol–water partition coefficient (Wildman–Crippen LogP) is 0.607. The molecule has 0 bridgehead atoms. The van der Waals surface area contributed by atoms with Gasteiger partial charge in [0.2, 0.25) is 5.91 Å². The fourth-order valence-corrected chi connectivity index (χ4v) is 4.03. The van der Waals surface area contributed by atoms with Crippen LogP contribution in [0.1, 0.15) is 19.8 Å². The van der Waals surface area contributed by atoms with E-state index in [-0.39, 0.29) is 17.2 Å². The average molecular weight is 272 g/mol. The maximum Gasteiger partial charge on any atom is 0.327 e. The van der Waals surface area contributed by atoms with Crippen LogP contribution in [0.2, 0.25) is 0 Å². The molecule has 2 rings (SSSR count). The molecule has 0 spiro atoms. The molecule has 1 aliphatic heterocycles. The van der Waals surface area contributed by atoms with Crippen LogP contribution in [0.15, 0.2) is 0 Å². The number of nitrogens with one attached hydrogen (secondary N) is 1. The van der Waals surface area contributed by atoms with Gasteiger partial charge < -0.3 is 15.3 Å². The molecular formula is C12H20N2O3S. The SMILES string of the molecule is CNCC(C)C(=O)N1C(C(=O)O)CSC1C1CC1. The minimum absolute atomic E-state index is 0.0290. The molecule has 5 nitrogen and oxygen atoms in total. The number of carboxylic acids is 1. The lowest BCUT2D eigenvalue weighted by Gasteiger charge is -2.30. The van der Waals surface area contributed by atoms with Gasteiger partial charge in [-0.25, -0.2) is 4.79 Å². The summed E-state index contributed by atoms with van der Waals surface area (Å²) in [6, 6.07) is -0.646. The number of thioether (sulfide) groups is 1. The Bertz CT molecular complexity index is 346. The number of carbonyl (C=O) groups is 2. The Kier molecular flexibility index (Phi) is 4.17. The van der Waals surface area contributed by atoms with Crippen LogP contribution in [0, 0.1) is 11.8 Å². The average Bonchev–Trinajstić information content (AvgIpc) is 3.07. The monoisotopic (exact) mass is 272 g/mol. The Labute approximate surface area is 111 Å². The van der Waals surface area contributed by atoms with Crippen LogP contribution in [0.5, 0.6) is 0 Å². The second kappa shape index (κ2) is 5.48. The third-order valence-electron chi connectivity index (χ3n) is 3.53. The van der Waals surface area contributed by atoms with Crippen molar-refractivity contribution in [2.24, 2.45) is 11.8 Å². The molecule has 1 amide bonds. The van der Waals surface area contributed by atoms with Gasteiger partial charge in [0, 0.05) is 18.2 Å². The zero-order chi connectivity index (χ0) is 13.3. The minimum atomic E-state index is -0.879. The highest BCUT2D eigenvalue weighted by atomic mass is 32.2. The number of carboxylic acid groups (broad SMARTS) is 1. The van der Waals surface area contributed by atoms with E-state index in [0.717, 1.165) is 12.8 Å². The van der Waals surface area contributed by atoms with Gasteiger partial charge in [0.1, 0.15) is 6.04 Å². The van der Waals surface area contributed by atoms with Crippen molar-refractivity contribution in [1.29, 1.82) is 0 Å². The molecule has 0 aromatic carbocycles. The van der Waals surface area contributed by atoms with Crippen molar-refractivity contribution in [3.63, 3.8) is 0 Å². The Morgan fingerprint density at radius 2 is 2.17 bits per heavy atom. The van der Waals surface area contributed by atoms with E-state index >= 15 is 0 Å². The van der Waals surface area contributed by atoms with E-state index in [1.54, 1.807) is 23.7 Å². The summed E-state index contributed by atoms with van der Waals surface area (Å²) in [7, 11) is 1.80. The third kappa shape index (κ3) is 2.64. The van der Waals surface area contributed by atoms with E-state index in [4.69, 9.17) is 0 Å². The molecule has 6 heteroatoms. The van der Waals surface area contributed by atoms with Crippen molar-refractivity contribution in [3.8, 4) is 0 Å². The quantitative estimate of drug-likeness (QED) is 0.767. The van der Waals surface area contributed by atoms with Gasteiger partial charge >= 0.3 is 5.97 Å².